The Labute approximate surface area is 180 Å². The second kappa shape index (κ2) is 9.61. The number of ether oxygens (including phenoxy) is 1. The summed E-state index contributed by atoms with van der Waals surface area (Å²) in [4.78, 5) is 11.4. The van der Waals surface area contributed by atoms with E-state index in [1.165, 1.54) is 6.92 Å². The highest BCUT2D eigenvalue weighted by Gasteiger charge is 2.45. The summed E-state index contributed by atoms with van der Waals surface area (Å²) >= 11 is 6.37. The lowest BCUT2D eigenvalue weighted by molar-refractivity contribution is -0.196. The lowest BCUT2D eigenvalue weighted by atomic mass is 9.88. The average Bonchev–Trinajstić information content (AvgIpc) is 2.74. The Morgan fingerprint density at radius 2 is 1.90 bits per heavy atom. The number of benzene rings is 2. The maximum atomic E-state index is 11.4. The molecule has 1 fully saturated rings. The largest absolute Gasteiger partial charge is 0.394 e. The Hall–Kier alpha value is -2.40. The first kappa shape index (κ1) is 22.3. The molecule has 0 bridgehead atoms. The van der Waals surface area contributed by atoms with E-state index < -0.39 is 43.0 Å². The monoisotopic (exact) mass is 429 g/mol. The van der Waals surface area contributed by atoms with Crippen LogP contribution in [0.15, 0.2) is 42.5 Å². The van der Waals surface area contributed by atoms with Gasteiger partial charge in [-0.3, -0.25) is 4.79 Å². The molecule has 1 aliphatic heterocycles. The average molecular weight is 430 g/mol. The Morgan fingerprint density at radius 1 is 1.20 bits per heavy atom. The van der Waals surface area contributed by atoms with E-state index >= 15 is 0 Å². The van der Waals surface area contributed by atoms with Gasteiger partial charge in [-0.15, -0.1) is 6.42 Å². The smallest absolute Gasteiger partial charge is 0.217 e. The molecular weight excluding hydrogens is 406 g/mol. The minimum absolute atomic E-state index is 0.392. The second-order valence-corrected chi connectivity index (χ2v) is 7.76. The van der Waals surface area contributed by atoms with Crippen molar-refractivity contribution >= 4 is 17.5 Å². The number of aliphatic hydroxyl groups excluding tert-OH is 3. The van der Waals surface area contributed by atoms with Gasteiger partial charge in [0.2, 0.25) is 5.91 Å². The van der Waals surface area contributed by atoms with Crippen molar-refractivity contribution in [2.45, 2.75) is 43.8 Å². The fourth-order valence-electron chi connectivity index (χ4n) is 3.66. The Balaban J connectivity index is 1.85. The van der Waals surface area contributed by atoms with Crippen LogP contribution in [0.25, 0.3) is 0 Å². The molecule has 5 atom stereocenters. The zero-order valence-electron chi connectivity index (χ0n) is 16.5. The lowest BCUT2D eigenvalue weighted by Gasteiger charge is -2.42. The third-order valence-electron chi connectivity index (χ3n) is 5.21. The summed E-state index contributed by atoms with van der Waals surface area (Å²) in [6.07, 6.45) is 1.58. The minimum Gasteiger partial charge on any atom is -0.394 e. The first-order chi connectivity index (χ1) is 14.3. The van der Waals surface area contributed by atoms with Crippen LogP contribution < -0.4 is 5.32 Å². The normalized spacial score (nSPS) is 26.1. The number of halogens is 1. The number of rotatable bonds is 5. The third-order valence-corrected chi connectivity index (χ3v) is 5.58. The van der Waals surface area contributed by atoms with E-state index in [0.29, 0.717) is 17.0 Å². The van der Waals surface area contributed by atoms with Gasteiger partial charge >= 0.3 is 0 Å². The molecule has 0 aliphatic carbocycles. The quantitative estimate of drug-likeness (QED) is 0.541. The van der Waals surface area contributed by atoms with Crippen molar-refractivity contribution in [1.82, 2.24) is 5.32 Å². The van der Waals surface area contributed by atoms with Crippen molar-refractivity contribution in [3.05, 3.63) is 69.7 Å². The summed E-state index contributed by atoms with van der Waals surface area (Å²) in [5.74, 6) is 2.18. The van der Waals surface area contributed by atoms with Crippen LogP contribution >= 0.6 is 11.6 Å². The highest BCUT2D eigenvalue weighted by molar-refractivity contribution is 6.31. The molecule has 2 aromatic carbocycles. The number of nitrogens with one attached hydrogen (secondary N) is 1. The highest BCUT2D eigenvalue weighted by Crippen LogP contribution is 2.34. The van der Waals surface area contributed by atoms with Crippen molar-refractivity contribution < 1.29 is 24.9 Å². The van der Waals surface area contributed by atoms with Gasteiger partial charge in [0.25, 0.3) is 0 Å². The molecule has 30 heavy (non-hydrogen) atoms. The molecule has 1 heterocycles. The number of aliphatic hydroxyl groups is 3. The molecule has 3 rings (SSSR count). The van der Waals surface area contributed by atoms with E-state index in [2.05, 4.69) is 11.2 Å². The predicted molar refractivity (Wildman–Crippen MR) is 113 cm³/mol. The molecule has 158 valence electrons. The van der Waals surface area contributed by atoms with Crippen molar-refractivity contribution in [2.75, 3.05) is 6.61 Å². The van der Waals surface area contributed by atoms with Gasteiger partial charge in [-0.2, -0.15) is 0 Å². The Bertz CT molecular complexity index is 938. The summed E-state index contributed by atoms with van der Waals surface area (Å²) in [7, 11) is 0. The van der Waals surface area contributed by atoms with Gasteiger partial charge in [-0.1, -0.05) is 41.8 Å². The van der Waals surface area contributed by atoms with Crippen LogP contribution in [0.1, 0.15) is 35.3 Å². The van der Waals surface area contributed by atoms with Gasteiger partial charge < -0.3 is 25.4 Å². The van der Waals surface area contributed by atoms with Crippen LogP contribution in [0.3, 0.4) is 0 Å². The summed E-state index contributed by atoms with van der Waals surface area (Å²) in [6, 6.07) is 11.9. The van der Waals surface area contributed by atoms with Gasteiger partial charge in [-0.25, -0.2) is 0 Å². The van der Waals surface area contributed by atoms with E-state index in [1.54, 1.807) is 12.1 Å². The SMILES string of the molecule is C#Cc1ccc(Cc2cc([C@@H]3O[C@H](CO)[C@@H](NC(C)=O)[C@H](O)[C@H]3O)ccc2Cl)cc1. The van der Waals surface area contributed by atoms with Crippen LogP contribution in [0, 0.1) is 12.3 Å². The molecule has 4 N–H and O–H groups in total. The molecule has 1 amide bonds. The molecule has 1 aliphatic rings. The number of carbonyl (C=O) groups excluding carboxylic acids is 1. The molecule has 1 saturated heterocycles. The molecular formula is C23H24ClNO5. The highest BCUT2D eigenvalue weighted by atomic mass is 35.5. The van der Waals surface area contributed by atoms with E-state index in [1.807, 2.05) is 30.3 Å². The van der Waals surface area contributed by atoms with Gasteiger partial charge in [0.05, 0.1) is 12.6 Å². The van der Waals surface area contributed by atoms with Crippen LogP contribution in [0.2, 0.25) is 5.02 Å². The number of amides is 1. The Kier molecular flexibility index (Phi) is 7.14. The molecule has 0 saturated carbocycles. The van der Waals surface area contributed by atoms with Gasteiger partial charge in [-0.05, 0) is 41.3 Å². The topological polar surface area (TPSA) is 99.0 Å². The van der Waals surface area contributed by atoms with Gasteiger partial charge in [0.1, 0.15) is 24.4 Å². The van der Waals surface area contributed by atoms with E-state index in [0.717, 1.165) is 16.7 Å². The molecule has 7 heteroatoms. The minimum atomic E-state index is -1.31. The van der Waals surface area contributed by atoms with Crippen LogP contribution in [-0.4, -0.2) is 52.2 Å². The molecule has 6 nitrogen and oxygen atoms in total. The van der Waals surface area contributed by atoms with E-state index in [9.17, 15) is 20.1 Å². The molecule has 0 radical (unpaired) electrons. The number of hydrogen-bond acceptors (Lipinski definition) is 5. The maximum absolute atomic E-state index is 11.4. The standard InChI is InChI=1S/C23H24ClNO5/c1-3-14-4-6-15(7-5-14)10-17-11-16(8-9-18(17)24)23-22(29)21(28)20(25-13(2)27)19(12-26)30-23/h1,4-9,11,19-23,26,28-29H,10,12H2,2H3,(H,25,27)/t19-,20-,21+,22-,23+/m1/s1. The van der Waals surface area contributed by atoms with Crippen molar-refractivity contribution in [3.8, 4) is 12.3 Å². The number of hydrogen-bond donors (Lipinski definition) is 4. The van der Waals surface area contributed by atoms with Crippen molar-refractivity contribution in [2.24, 2.45) is 0 Å². The summed E-state index contributed by atoms with van der Waals surface area (Å²) in [6.45, 7) is 0.869. The first-order valence-corrected chi connectivity index (χ1v) is 9.95. The van der Waals surface area contributed by atoms with Crippen molar-refractivity contribution in [1.29, 1.82) is 0 Å². The van der Waals surface area contributed by atoms with Gasteiger partial charge in [0, 0.05) is 17.5 Å². The first-order valence-electron chi connectivity index (χ1n) is 9.57. The number of terminal acetylenes is 1. The van der Waals surface area contributed by atoms with E-state index in [-0.39, 0.29) is 0 Å². The summed E-state index contributed by atoms with van der Waals surface area (Å²) in [5.41, 5.74) is 3.23. The number of carbonyl (C=O) groups is 1. The van der Waals surface area contributed by atoms with Crippen LogP contribution in [-0.2, 0) is 16.0 Å². The fraction of sp³-hybridized carbons (Fsp3) is 0.348. The maximum Gasteiger partial charge on any atom is 0.217 e. The Morgan fingerprint density at radius 3 is 2.50 bits per heavy atom. The van der Waals surface area contributed by atoms with Crippen LogP contribution in [0.5, 0.6) is 0 Å². The molecule has 0 unspecified atom stereocenters. The summed E-state index contributed by atoms with van der Waals surface area (Å²) in [5, 5.41) is 33.9. The molecule has 2 aromatic rings. The predicted octanol–water partition coefficient (Wildman–Crippen LogP) is 1.57. The zero-order chi connectivity index (χ0) is 21.8. The summed E-state index contributed by atoms with van der Waals surface area (Å²) < 4.78 is 5.85. The van der Waals surface area contributed by atoms with Crippen LogP contribution in [0.4, 0.5) is 0 Å². The molecule has 0 aromatic heterocycles. The molecule has 0 spiro atoms. The second-order valence-electron chi connectivity index (χ2n) is 7.35. The van der Waals surface area contributed by atoms with Gasteiger partial charge in [0.15, 0.2) is 0 Å². The van der Waals surface area contributed by atoms with E-state index in [4.69, 9.17) is 22.8 Å². The third kappa shape index (κ3) is 4.84. The fourth-order valence-corrected chi connectivity index (χ4v) is 3.84. The zero-order valence-corrected chi connectivity index (χ0v) is 17.2. The lowest BCUT2D eigenvalue weighted by Crippen LogP contribution is -2.61. The van der Waals surface area contributed by atoms with Crippen molar-refractivity contribution in [3.63, 3.8) is 0 Å².